The molecule has 2 aromatic rings. The highest BCUT2D eigenvalue weighted by molar-refractivity contribution is 5.95. The van der Waals surface area contributed by atoms with E-state index in [9.17, 15) is 9.59 Å². The van der Waals surface area contributed by atoms with Gasteiger partial charge in [-0.2, -0.15) is 5.10 Å². The molecule has 6 nitrogen and oxygen atoms in total. The van der Waals surface area contributed by atoms with Crippen molar-refractivity contribution in [3.63, 3.8) is 0 Å². The van der Waals surface area contributed by atoms with Crippen LogP contribution in [-0.2, 0) is 19.4 Å². The number of amides is 1. The van der Waals surface area contributed by atoms with Crippen LogP contribution >= 0.6 is 0 Å². The number of aromatic nitrogens is 3. The SMILES string of the molecule is Cc1[nH]c(=O)ccc1C(=O)NCc1n[nH]c2c1CCCC2. The van der Waals surface area contributed by atoms with Crippen molar-refractivity contribution >= 4 is 5.91 Å². The van der Waals surface area contributed by atoms with E-state index < -0.39 is 0 Å². The summed E-state index contributed by atoms with van der Waals surface area (Å²) < 4.78 is 0. The van der Waals surface area contributed by atoms with Gasteiger partial charge in [-0.25, -0.2) is 0 Å². The average molecular weight is 286 g/mol. The molecule has 0 saturated heterocycles. The second-order valence-corrected chi connectivity index (χ2v) is 5.38. The predicted molar refractivity (Wildman–Crippen MR) is 78.2 cm³/mol. The van der Waals surface area contributed by atoms with Crippen molar-refractivity contribution in [3.05, 3.63) is 50.7 Å². The monoisotopic (exact) mass is 286 g/mol. The Bertz CT molecular complexity index is 730. The molecule has 3 rings (SSSR count). The van der Waals surface area contributed by atoms with Gasteiger partial charge in [0.15, 0.2) is 0 Å². The first-order chi connectivity index (χ1) is 10.1. The highest BCUT2D eigenvalue weighted by Gasteiger charge is 2.17. The molecule has 2 heterocycles. The third kappa shape index (κ3) is 2.74. The van der Waals surface area contributed by atoms with Crippen LogP contribution in [0.4, 0.5) is 0 Å². The molecule has 0 radical (unpaired) electrons. The first kappa shape index (κ1) is 13.6. The van der Waals surface area contributed by atoms with Crippen molar-refractivity contribution in [1.29, 1.82) is 0 Å². The van der Waals surface area contributed by atoms with E-state index in [-0.39, 0.29) is 11.5 Å². The molecule has 0 atom stereocenters. The lowest BCUT2D eigenvalue weighted by atomic mass is 9.96. The molecule has 21 heavy (non-hydrogen) atoms. The second-order valence-electron chi connectivity index (χ2n) is 5.38. The van der Waals surface area contributed by atoms with E-state index in [4.69, 9.17) is 0 Å². The minimum Gasteiger partial charge on any atom is -0.346 e. The van der Waals surface area contributed by atoms with E-state index in [1.165, 1.54) is 30.2 Å². The first-order valence-corrected chi connectivity index (χ1v) is 7.18. The van der Waals surface area contributed by atoms with Crippen LogP contribution in [0.5, 0.6) is 0 Å². The lowest BCUT2D eigenvalue weighted by molar-refractivity contribution is 0.0949. The Morgan fingerprint density at radius 2 is 2.14 bits per heavy atom. The number of aryl methyl sites for hydroxylation is 2. The number of pyridine rings is 1. The molecule has 2 aromatic heterocycles. The van der Waals surface area contributed by atoms with Crippen LogP contribution in [0, 0.1) is 6.92 Å². The molecular formula is C15H18N4O2. The molecule has 3 N–H and O–H groups in total. The van der Waals surface area contributed by atoms with Gasteiger partial charge in [0, 0.05) is 17.5 Å². The fraction of sp³-hybridized carbons (Fsp3) is 0.400. The fourth-order valence-corrected chi connectivity index (χ4v) is 2.78. The zero-order chi connectivity index (χ0) is 14.8. The van der Waals surface area contributed by atoms with E-state index in [2.05, 4.69) is 20.5 Å². The van der Waals surface area contributed by atoms with Gasteiger partial charge in [-0.05, 0) is 44.2 Å². The van der Waals surface area contributed by atoms with Crippen molar-refractivity contribution in [2.24, 2.45) is 0 Å². The molecular weight excluding hydrogens is 268 g/mol. The molecule has 0 aliphatic heterocycles. The Kier molecular flexibility index (Phi) is 3.60. The predicted octanol–water partition coefficient (Wildman–Crippen LogP) is 1.22. The third-order valence-electron chi connectivity index (χ3n) is 3.92. The fourth-order valence-electron chi connectivity index (χ4n) is 2.78. The van der Waals surface area contributed by atoms with Crippen molar-refractivity contribution in [2.75, 3.05) is 0 Å². The van der Waals surface area contributed by atoms with Gasteiger partial charge in [0.25, 0.3) is 5.91 Å². The summed E-state index contributed by atoms with van der Waals surface area (Å²) in [5.41, 5.74) is 4.22. The number of nitrogens with one attached hydrogen (secondary N) is 3. The number of fused-ring (bicyclic) bond motifs is 1. The maximum atomic E-state index is 12.2. The van der Waals surface area contributed by atoms with Crippen molar-refractivity contribution < 1.29 is 4.79 Å². The quantitative estimate of drug-likeness (QED) is 0.792. The molecule has 110 valence electrons. The highest BCUT2D eigenvalue weighted by Crippen LogP contribution is 2.21. The van der Waals surface area contributed by atoms with E-state index in [0.29, 0.717) is 17.8 Å². The van der Waals surface area contributed by atoms with Crippen LogP contribution in [0.2, 0.25) is 0 Å². The Morgan fingerprint density at radius 1 is 1.33 bits per heavy atom. The van der Waals surface area contributed by atoms with Gasteiger partial charge < -0.3 is 10.3 Å². The normalized spacial score (nSPS) is 13.8. The molecule has 0 fully saturated rings. The minimum absolute atomic E-state index is 0.198. The molecule has 1 amide bonds. The van der Waals surface area contributed by atoms with E-state index in [0.717, 1.165) is 18.5 Å². The standard InChI is InChI=1S/C15H18N4O2/c1-9-10(6-7-14(20)17-9)15(21)16-8-13-11-4-2-3-5-12(11)18-19-13/h6-7H,2-5,8H2,1H3,(H,16,21)(H,17,20)(H,18,19). The smallest absolute Gasteiger partial charge is 0.253 e. The summed E-state index contributed by atoms with van der Waals surface area (Å²) in [5.74, 6) is -0.198. The Hall–Kier alpha value is -2.37. The lowest BCUT2D eigenvalue weighted by Gasteiger charge is -2.11. The lowest BCUT2D eigenvalue weighted by Crippen LogP contribution is -2.25. The Labute approximate surface area is 122 Å². The summed E-state index contributed by atoms with van der Waals surface area (Å²) >= 11 is 0. The average Bonchev–Trinajstić information content (AvgIpc) is 2.88. The number of carbonyl (C=O) groups excluding carboxylic acids is 1. The maximum absolute atomic E-state index is 12.2. The molecule has 0 saturated carbocycles. The van der Waals surface area contributed by atoms with Crippen molar-refractivity contribution in [1.82, 2.24) is 20.5 Å². The zero-order valence-electron chi connectivity index (χ0n) is 12.0. The molecule has 0 spiro atoms. The van der Waals surface area contributed by atoms with Gasteiger partial charge in [0.2, 0.25) is 5.56 Å². The van der Waals surface area contributed by atoms with Gasteiger partial charge in [-0.1, -0.05) is 0 Å². The topological polar surface area (TPSA) is 90.6 Å². The summed E-state index contributed by atoms with van der Waals surface area (Å²) in [6.07, 6.45) is 4.42. The molecule has 1 aliphatic rings. The Balaban J connectivity index is 1.71. The summed E-state index contributed by atoms with van der Waals surface area (Å²) in [6, 6.07) is 2.90. The number of hydrogen-bond donors (Lipinski definition) is 3. The number of aromatic amines is 2. The second kappa shape index (κ2) is 5.55. The molecule has 1 aliphatic carbocycles. The maximum Gasteiger partial charge on any atom is 0.253 e. The number of nitrogens with zero attached hydrogens (tertiary/aromatic N) is 1. The van der Waals surface area contributed by atoms with Crippen molar-refractivity contribution in [2.45, 2.75) is 39.2 Å². The molecule has 0 unspecified atom stereocenters. The number of carbonyl (C=O) groups is 1. The highest BCUT2D eigenvalue weighted by atomic mass is 16.1. The van der Waals surface area contributed by atoms with Gasteiger partial charge >= 0.3 is 0 Å². The van der Waals surface area contributed by atoms with Gasteiger partial charge in [-0.3, -0.25) is 14.7 Å². The van der Waals surface area contributed by atoms with Crippen LogP contribution in [0.25, 0.3) is 0 Å². The summed E-state index contributed by atoms with van der Waals surface area (Å²) in [4.78, 5) is 26.0. The number of H-pyrrole nitrogens is 2. The van der Waals surface area contributed by atoms with Gasteiger partial charge in [0.1, 0.15) is 0 Å². The minimum atomic E-state index is -0.203. The Morgan fingerprint density at radius 3 is 2.95 bits per heavy atom. The summed E-state index contributed by atoms with van der Waals surface area (Å²) in [6.45, 7) is 2.12. The summed E-state index contributed by atoms with van der Waals surface area (Å²) in [7, 11) is 0. The van der Waals surface area contributed by atoms with Crippen LogP contribution < -0.4 is 10.9 Å². The van der Waals surface area contributed by atoms with Crippen LogP contribution in [0.1, 0.15) is 45.8 Å². The summed E-state index contributed by atoms with van der Waals surface area (Å²) in [5, 5.41) is 10.2. The first-order valence-electron chi connectivity index (χ1n) is 7.18. The number of rotatable bonds is 3. The third-order valence-corrected chi connectivity index (χ3v) is 3.92. The van der Waals surface area contributed by atoms with Gasteiger partial charge in [0.05, 0.1) is 17.8 Å². The zero-order valence-corrected chi connectivity index (χ0v) is 12.0. The van der Waals surface area contributed by atoms with Crippen LogP contribution in [0.3, 0.4) is 0 Å². The van der Waals surface area contributed by atoms with E-state index in [1.807, 2.05) is 0 Å². The van der Waals surface area contributed by atoms with Crippen LogP contribution in [-0.4, -0.2) is 21.1 Å². The van der Waals surface area contributed by atoms with Crippen molar-refractivity contribution in [3.8, 4) is 0 Å². The van der Waals surface area contributed by atoms with E-state index >= 15 is 0 Å². The molecule has 0 bridgehead atoms. The largest absolute Gasteiger partial charge is 0.346 e. The van der Waals surface area contributed by atoms with E-state index in [1.54, 1.807) is 13.0 Å². The van der Waals surface area contributed by atoms with Gasteiger partial charge in [-0.15, -0.1) is 0 Å². The van der Waals surface area contributed by atoms with Crippen LogP contribution in [0.15, 0.2) is 16.9 Å². The molecule has 6 heteroatoms. The molecule has 0 aromatic carbocycles. The number of hydrogen-bond acceptors (Lipinski definition) is 3.